The van der Waals surface area contributed by atoms with Gasteiger partial charge in [-0.25, -0.2) is 4.39 Å². The van der Waals surface area contributed by atoms with E-state index >= 15 is 0 Å². The maximum atomic E-state index is 13.6. The van der Waals surface area contributed by atoms with Gasteiger partial charge in [0.25, 0.3) is 0 Å². The number of ketones is 1. The van der Waals surface area contributed by atoms with E-state index in [1.807, 2.05) is 0 Å². The quantitative estimate of drug-likeness (QED) is 0.902. The van der Waals surface area contributed by atoms with Crippen LogP contribution < -0.4 is 4.74 Å². The largest absolute Gasteiger partial charge is 0.494 e. The first-order valence-corrected chi connectivity index (χ1v) is 7.15. The van der Waals surface area contributed by atoms with Gasteiger partial charge in [0.1, 0.15) is 6.10 Å². The van der Waals surface area contributed by atoms with Crippen molar-refractivity contribution in [2.75, 3.05) is 7.11 Å². The molecule has 0 spiro atoms. The number of rotatable bonds is 5. The van der Waals surface area contributed by atoms with Crippen LogP contribution in [0.4, 0.5) is 4.39 Å². The third-order valence-corrected chi connectivity index (χ3v) is 4.02. The zero-order valence-corrected chi connectivity index (χ0v) is 11.8. The van der Waals surface area contributed by atoms with Crippen LogP contribution >= 0.6 is 0 Å². The Morgan fingerprint density at radius 3 is 2.70 bits per heavy atom. The van der Waals surface area contributed by atoms with Crippen LogP contribution in [0.2, 0.25) is 0 Å². The minimum Gasteiger partial charge on any atom is -0.494 e. The molecule has 1 aromatic rings. The van der Waals surface area contributed by atoms with Crippen molar-refractivity contribution in [1.82, 2.24) is 0 Å². The lowest BCUT2D eigenvalue weighted by Gasteiger charge is -2.25. The van der Waals surface area contributed by atoms with E-state index in [-0.39, 0.29) is 23.9 Å². The van der Waals surface area contributed by atoms with Crippen molar-refractivity contribution in [2.45, 2.75) is 44.6 Å². The van der Waals surface area contributed by atoms with Crippen LogP contribution in [0.5, 0.6) is 5.75 Å². The van der Waals surface area contributed by atoms with Crippen LogP contribution in [0.25, 0.3) is 0 Å². The zero-order chi connectivity index (χ0) is 14.5. The second-order valence-electron chi connectivity index (χ2n) is 5.45. The summed E-state index contributed by atoms with van der Waals surface area (Å²) in [6.45, 7) is 0. The summed E-state index contributed by atoms with van der Waals surface area (Å²) in [5.41, 5.74) is 0.572. The van der Waals surface area contributed by atoms with Gasteiger partial charge in [-0.15, -0.1) is 0 Å². The lowest BCUT2D eigenvalue weighted by Crippen LogP contribution is -2.32. The summed E-state index contributed by atoms with van der Waals surface area (Å²) in [5, 5.41) is 10.1. The molecular formula is C16H21FO3. The summed E-state index contributed by atoms with van der Waals surface area (Å²) >= 11 is 0. The van der Waals surface area contributed by atoms with Crippen LogP contribution in [0.3, 0.4) is 0 Å². The number of hydrogen-bond donors (Lipinski definition) is 1. The fourth-order valence-electron chi connectivity index (χ4n) is 2.84. The maximum absolute atomic E-state index is 13.6. The Bertz CT molecular complexity index is 467. The van der Waals surface area contributed by atoms with Crippen LogP contribution in [-0.4, -0.2) is 24.1 Å². The molecule has 0 aromatic heterocycles. The summed E-state index contributed by atoms with van der Waals surface area (Å²) in [7, 11) is 1.40. The van der Waals surface area contributed by atoms with Gasteiger partial charge in [-0.3, -0.25) is 4.79 Å². The Morgan fingerprint density at radius 1 is 1.40 bits per heavy atom. The molecule has 3 nitrogen and oxygen atoms in total. The number of carbonyl (C=O) groups is 1. The van der Waals surface area contributed by atoms with Gasteiger partial charge in [0, 0.05) is 6.42 Å². The molecule has 1 saturated carbocycles. The Morgan fingerprint density at radius 2 is 2.10 bits per heavy atom. The Kier molecular flexibility index (Phi) is 5.12. The van der Waals surface area contributed by atoms with E-state index in [1.165, 1.54) is 25.7 Å². The van der Waals surface area contributed by atoms with Crippen LogP contribution in [0.1, 0.15) is 37.7 Å². The number of Topliss-reactive ketones (excluding diaryl/α,β-unsaturated/α-hetero) is 1. The Labute approximate surface area is 118 Å². The van der Waals surface area contributed by atoms with Gasteiger partial charge >= 0.3 is 0 Å². The third kappa shape index (κ3) is 3.57. The van der Waals surface area contributed by atoms with Crippen molar-refractivity contribution < 1.29 is 19.0 Å². The number of halogens is 1. The fraction of sp³-hybridized carbons (Fsp3) is 0.562. The third-order valence-electron chi connectivity index (χ3n) is 4.02. The number of methoxy groups -OCH3 is 1. The molecule has 1 atom stereocenters. The highest BCUT2D eigenvalue weighted by molar-refractivity contribution is 5.85. The van der Waals surface area contributed by atoms with Crippen molar-refractivity contribution in [2.24, 2.45) is 5.92 Å². The molecule has 2 rings (SSSR count). The number of carbonyl (C=O) groups excluding carboxylic acids is 1. The highest BCUT2D eigenvalue weighted by Gasteiger charge is 2.27. The predicted octanol–water partition coefficient (Wildman–Crippen LogP) is 2.89. The molecule has 1 aliphatic carbocycles. The second-order valence-corrected chi connectivity index (χ2v) is 5.45. The first-order valence-electron chi connectivity index (χ1n) is 7.15. The fourth-order valence-corrected chi connectivity index (χ4v) is 2.84. The van der Waals surface area contributed by atoms with E-state index in [4.69, 9.17) is 4.74 Å². The molecule has 1 unspecified atom stereocenters. The van der Waals surface area contributed by atoms with E-state index in [0.717, 1.165) is 25.7 Å². The number of benzene rings is 1. The average Bonchev–Trinajstić information content (AvgIpc) is 2.47. The van der Waals surface area contributed by atoms with Crippen LogP contribution in [0.15, 0.2) is 18.2 Å². The zero-order valence-electron chi connectivity index (χ0n) is 11.8. The van der Waals surface area contributed by atoms with Crippen molar-refractivity contribution in [3.05, 3.63) is 29.6 Å². The predicted molar refractivity (Wildman–Crippen MR) is 74.2 cm³/mol. The normalized spacial score (nSPS) is 17.8. The molecule has 4 heteroatoms. The minimum absolute atomic E-state index is 0.0680. The molecule has 0 saturated heterocycles. The van der Waals surface area contributed by atoms with E-state index in [2.05, 4.69) is 0 Å². The van der Waals surface area contributed by atoms with Gasteiger partial charge in [-0.05, 0) is 36.5 Å². The Hall–Kier alpha value is -1.42. The summed E-state index contributed by atoms with van der Waals surface area (Å²) in [6.07, 6.45) is 4.30. The van der Waals surface area contributed by atoms with E-state index in [9.17, 15) is 14.3 Å². The molecule has 0 bridgehead atoms. The maximum Gasteiger partial charge on any atom is 0.165 e. The standard InChI is InChI=1S/C16H21FO3/c1-20-15-8-7-11(9-13(15)17)10-14(18)16(19)12-5-3-2-4-6-12/h7-9,12,16,19H,2-6,10H2,1H3. The molecule has 20 heavy (non-hydrogen) atoms. The van der Waals surface area contributed by atoms with Crippen molar-refractivity contribution in [3.8, 4) is 5.75 Å². The molecule has 1 fully saturated rings. The molecule has 0 amide bonds. The first-order chi connectivity index (χ1) is 9.61. The smallest absolute Gasteiger partial charge is 0.165 e. The average molecular weight is 280 g/mol. The van der Waals surface area contributed by atoms with Gasteiger partial charge in [0.2, 0.25) is 0 Å². The molecule has 0 aliphatic heterocycles. The Balaban J connectivity index is 1.98. The highest BCUT2D eigenvalue weighted by atomic mass is 19.1. The lowest BCUT2D eigenvalue weighted by molar-refractivity contribution is -0.129. The number of ether oxygens (including phenoxy) is 1. The summed E-state index contributed by atoms with van der Waals surface area (Å²) in [4.78, 5) is 12.1. The summed E-state index contributed by atoms with van der Waals surface area (Å²) in [5.74, 6) is -0.472. The lowest BCUT2D eigenvalue weighted by atomic mass is 9.83. The topological polar surface area (TPSA) is 46.5 Å². The number of aliphatic hydroxyl groups excluding tert-OH is 1. The second kappa shape index (κ2) is 6.84. The van der Waals surface area contributed by atoms with E-state index in [0.29, 0.717) is 5.56 Å². The van der Waals surface area contributed by atoms with Crippen molar-refractivity contribution >= 4 is 5.78 Å². The highest BCUT2D eigenvalue weighted by Crippen LogP contribution is 2.27. The number of hydrogen-bond acceptors (Lipinski definition) is 3. The molecule has 1 N–H and O–H groups in total. The molecule has 0 heterocycles. The van der Waals surface area contributed by atoms with E-state index < -0.39 is 11.9 Å². The minimum atomic E-state index is -0.916. The first kappa shape index (κ1) is 15.0. The molecule has 110 valence electrons. The van der Waals surface area contributed by atoms with Crippen LogP contribution in [-0.2, 0) is 11.2 Å². The SMILES string of the molecule is COc1ccc(CC(=O)C(O)C2CCCCC2)cc1F. The summed E-state index contributed by atoms with van der Waals surface area (Å²) in [6, 6.07) is 4.46. The van der Waals surface area contributed by atoms with Gasteiger partial charge in [0.15, 0.2) is 17.3 Å². The summed E-state index contributed by atoms with van der Waals surface area (Å²) < 4.78 is 18.4. The van der Waals surface area contributed by atoms with Crippen molar-refractivity contribution in [3.63, 3.8) is 0 Å². The van der Waals surface area contributed by atoms with E-state index in [1.54, 1.807) is 6.07 Å². The number of aliphatic hydroxyl groups is 1. The van der Waals surface area contributed by atoms with Crippen molar-refractivity contribution in [1.29, 1.82) is 0 Å². The molecule has 0 radical (unpaired) electrons. The van der Waals surface area contributed by atoms with Gasteiger partial charge in [-0.1, -0.05) is 25.3 Å². The molecule has 1 aromatic carbocycles. The monoisotopic (exact) mass is 280 g/mol. The van der Waals surface area contributed by atoms with Gasteiger partial charge < -0.3 is 9.84 Å². The molecule has 1 aliphatic rings. The van der Waals surface area contributed by atoms with Gasteiger partial charge in [0.05, 0.1) is 7.11 Å². The molecular weight excluding hydrogens is 259 g/mol. The van der Waals surface area contributed by atoms with Crippen LogP contribution in [0, 0.1) is 11.7 Å². The van der Waals surface area contributed by atoms with Gasteiger partial charge in [-0.2, -0.15) is 0 Å².